The molecule has 1 aromatic carbocycles. The maximum absolute atomic E-state index is 11.0. The van der Waals surface area contributed by atoms with Gasteiger partial charge in [-0.05, 0) is 18.2 Å². The molecule has 1 unspecified atom stereocenters. The van der Waals surface area contributed by atoms with Crippen molar-refractivity contribution < 1.29 is 8.95 Å². The van der Waals surface area contributed by atoms with Gasteiger partial charge in [0.2, 0.25) is 0 Å². The van der Waals surface area contributed by atoms with Crippen LogP contribution in [0, 0.1) is 11.3 Å². The van der Waals surface area contributed by atoms with Crippen LogP contribution in [0.1, 0.15) is 5.56 Å². The van der Waals surface area contributed by atoms with Crippen molar-refractivity contribution in [2.75, 3.05) is 7.11 Å². The summed E-state index contributed by atoms with van der Waals surface area (Å²) in [4.78, 5) is 0.335. The van der Waals surface area contributed by atoms with Gasteiger partial charge in [0.05, 0.1) is 23.6 Å². The first-order valence-electron chi connectivity index (χ1n) is 3.43. The molecule has 1 aromatic rings. The van der Waals surface area contributed by atoms with E-state index >= 15 is 0 Å². The highest BCUT2D eigenvalue weighted by Gasteiger charge is 2.07. The minimum absolute atomic E-state index is 0.335. The molecular formula is C8H8N2O2S. The Morgan fingerprint density at radius 2 is 2.31 bits per heavy atom. The summed E-state index contributed by atoms with van der Waals surface area (Å²) in [5.74, 6) is 0.430. The zero-order valence-electron chi connectivity index (χ0n) is 6.98. The lowest BCUT2D eigenvalue weighted by atomic mass is 10.2. The summed E-state index contributed by atoms with van der Waals surface area (Å²) in [7, 11) is -0.172. The lowest BCUT2D eigenvalue weighted by Crippen LogP contribution is -2.05. The molecule has 0 radical (unpaired) electrons. The molecule has 0 saturated carbocycles. The SMILES string of the molecule is COc1ccc(C#N)cc1S(N)=O. The molecule has 1 rings (SSSR count). The summed E-state index contributed by atoms with van der Waals surface area (Å²) >= 11 is 0. The second-order valence-electron chi connectivity index (χ2n) is 2.27. The molecule has 5 heteroatoms. The van der Waals surface area contributed by atoms with Gasteiger partial charge >= 0.3 is 0 Å². The maximum atomic E-state index is 11.0. The van der Waals surface area contributed by atoms with E-state index in [-0.39, 0.29) is 0 Å². The first-order valence-corrected chi connectivity index (χ1v) is 4.64. The van der Waals surface area contributed by atoms with Crippen LogP contribution in [-0.4, -0.2) is 11.3 Å². The third kappa shape index (κ3) is 2.05. The van der Waals surface area contributed by atoms with E-state index in [2.05, 4.69) is 0 Å². The fourth-order valence-electron chi connectivity index (χ4n) is 0.903. The van der Waals surface area contributed by atoms with Gasteiger partial charge in [0.1, 0.15) is 16.7 Å². The molecule has 4 nitrogen and oxygen atoms in total. The summed E-state index contributed by atoms with van der Waals surface area (Å²) < 4.78 is 15.9. The van der Waals surface area contributed by atoms with E-state index in [1.807, 2.05) is 6.07 Å². The number of nitrogens with zero attached hydrogens (tertiary/aromatic N) is 1. The number of nitrogens with two attached hydrogens (primary N) is 1. The lowest BCUT2D eigenvalue weighted by molar-refractivity contribution is 0.404. The number of hydrogen-bond donors (Lipinski definition) is 1. The predicted octanol–water partition coefficient (Wildman–Crippen LogP) is 0.548. The molecular weight excluding hydrogens is 188 g/mol. The summed E-state index contributed by atoms with van der Waals surface area (Å²) in [6.45, 7) is 0. The largest absolute Gasteiger partial charge is 0.495 e. The van der Waals surface area contributed by atoms with E-state index in [0.717, 1.165) is 0 Å². The number of nitriles is 1. The van der Waals surface area contributed by atoms with Crippen LogP contribution in [0.3, 0.4) is 0 Å². The average Bonchev–Trinajstić information content (AvgIpc) is 2.16. The Labute approximate surface area is 78.5 Å². The van der Waals surface area contributed by atoms with Gasteiger partial charge in [-0.25, -0.2) is 9.35 Å². The van der Waals surface area contributed by atoms with Gasteiger partial charge in [-0.1, -0.05) is 0 Å². The monoisotopic (exact) mass is 196 g/mol. The van der Waals surface area contributed by atoms with Crippen LogP contribution in [0.5, 0.6) is 5.75 Å². The van der Waals surface area contributed by atoms with Crippen molar-refractivity contribution in [1.82, 2.24) is 0 Å². The zero-order chi connectivity index (χ0) is 9.84. The second-order valence-corrected chi connectivity index (χ2v) is 3.31. The highest BCUT2D eigenvalue weighted by molar-refractivity contribution is 7.82. The minimum Gasteiger partial charge on any atom is -0.495 e. The summed E-state index contributed by atoms with van der Waals surface area (Å²) in [6, 6.07) is 6.53. The molecule has 0 spiro atoms. The van der Waals surface area contributed by atoms with Crippen LogP contribution in [0.25, 0.3) is 0 Å². The van der Waals surface area contributed by atoms with Gasteiger partial charge in [-0.15, -0.1) is 0 Å². The van der Waals surface area contributed by atoms with Crippen molar-refractivity contribution in [2.24, 2.45) is 5.14 Å². The van der Waals surface area contributed by atoms with Crippen molar-refractivity contribution in [2.45, 2.75) is 4.90 Å². The van der Waals surface area contributed by atoms with E-state index in [1.165, 1.54) is 13.2 Å². The van der Waals surface area contributed by atoms with Gasteiger partial charge in [0, 0.05) is 0 Å². The molecule has 0 aliphatic heterocycles. The molecule has 0 amide bonds. The Morgan fingerprint density at radius 1 is 1.62 bits per heavy atom. The van der Waals surface area contributed by atoms with E-state index in [0.29, 0.717) is 16.2 Å². The van der Waals surface area contributed by atoms with Gasteiger partial charge < -0.3 is 4.74 Å². The third-order valence-corrected chi connectivity index (χ3v) is 2.26. The van der Waals surface area contributed by atoms with E-state index in [4.69, 9.17) is 15.1 Å². The van der Waals surface area contributed by atoms with Crippen LogP contribution in [0.2, 0.25) is 0 Å². The van der Waals surface area contributed by atoms with Crippen molar-refractivity contribution in [3.63, 3.8) is 0 Å². The number of benzene rings is 1. The first-order chi connectivity index (χ1) is 6.19. The zero-order valence-corrected chi connectivity index (χ0v) is 7.80. The molecule has 0 saturated heterocycles. The molecule has 0 heterocycles. The number of rotatable bonds is 2. The van der Waals surface area contributed by atoms with Gasteiger partial charge in [-0.3, -0.25) is 0 Å². The van der Waals surface area contributed by atoms with Crippen LogP contribution < -0.4 is 9.88 Å². The van der Waals surface area contributed by atoms with E-state index < -0.39 is 11.0 Å². The Morgan fingerprint density at radius 3 is 2.77 bits per heavy atom. The molecule has 0 bridgehead atoms. The minimum atomic E-state index is -1.63. The fraction of sp³-hybridized carbons (Fsp3) is 0.125. The summed E-state index contributed by atoms with van der Waals surface area (Å²) in [6.07, 6.45) is 0. The Kier molecular flexibility index (Phi) is 3.01. The van der Waals surface area contributed by atoms with E-state index in [1.54, 1.807) is 12.1 Å². The fourth-order valence-corrected chi connectivity index (χ4v) is 1.50. The van der Waals surface area contributed by atoms with Crippen molar-refractivity contribution in [1.29, 1.82) is 5.26 Å². The van der Waals surface area contributed by atoms with Crippen molar-refractivity contribution in [3.8, 4) is 11.8 Å². The van der Waals surface area contributed by atoms with Crippen LogP contribution in [0.4, 0.5) is 0 Å². The summed E-state index contributed by atoms with van der Waals surface area (Å²) in [5, 5.41) is 13.8. The molecule has 0 aromatic heterocycles. The van der Waals surface area contributed by atoms with E-state index in [9.17, 15) is 4.21 Å². The highest BCUT2D eigenvalue weighted by Crippen LogP contribution is 2.21. The molecule has 0 aliphatic carbocycles. The molecule has 1 atom stereocenters. The van der Waals surface area contributed by atoms with Gasteiger partial charge in [-0.2, -0.15) is 5.26 Å². The molecule has 0 fully saturated rings. The normalized spacial score (nSPS) is 11.8. The predicted molar refractivity (Wildman–Crippen MR) is 48.3 cm³/mol. The van der Waals surface area contributed by atoms with Crippen LogP contribution in [0.15, 0.2) is 23.1 Å². The third-order valence-electron chi connectivity index (χ3n) is 1.51. The maximum Gasteiger partial charge on any atom is 0.136 e. The number of methoxy groups -OCH3 is 1. The average molecular weight is 196 g/mol. The Bertz CT molecular complexity index is 384. The standard InChI is InChI=1S/C8H8N2O2S/c1-12-7-3-2-6(5-9)4-8(7)13(10)11/h2-4H,10H2,1H3. The Balaban J connectivity index is 3.28. The van der Waals surface area contributed by atoms with Crippen LogP contribution in [-0.2, 0) is 11.0 Å². The van der Waals surface area contributed by atoms with Crippen molar-refractivity contribution >= 4 is 11.0 Å². The topological polar surface area (TPSA) is 76.1 Å². The lowest BCUT2D eigenvalue weighted by Gasteiger charge is -2.04. The van der Waals surface area contributed by atoms with Gasteiger partial charge in [0.25, 0.3) is 0 Å². The van der Waals surface area contributed by atoms with Gasteiger partial charge in [0.15, 0.2) is 0 Å². The van der Waals surface area contributed by atoms with Crippen molar-refractivity contribution in [3.05, 3.63) is 23.8 Å². The molecule has 2 N–H and O–H groups in total. The highest BCUT2D eigenvalue weighted by atomic mass is 32.2. The quantitative estimate of drug-likeness (QED) is 0.750. The second kappa shape index (κ2) is 4.03. The number of ether oxygens (including phenoxy) is 1. The van der Waals surface area contributed by atoms with Crippen LogP contribution >= 0.6 is 0 Å². The summed E-state index contributed by atoms with van der Waals surface area (Å²) in [5.41, 5.74) is 0.412. The smallest absolute Gasteiger partial charge is 0.136 e. The molecule has 0 aliphatic rings. The molecule has 68 valence electrons. The first kappa shape index (κ1) is 9.71. The number of hydrogen-bond acceptors (Lipinski definition) is 3. The molecule has 13 heavy (non-hydrogen) atoms. The Hall–Kier alpha value is -1.38.